The molecular formula is C23H29F4N3O3S. The molecule has 1 heterocycles. The van der Waals surface area contributed by atoms with Gasteiger partial charge in [-0.3, -0.25) is 9.10 Å². The number of carbonyl (C=O) groups is 1. The molecule has 0 radical (unpaired) electrons. The summed E-state index contributed by atoms with van der Waals surface area (Å²) in [6.07, 6.45) is -3.32. The Hall–Kier alpha value is -2.69. The summed E-state index contributed by atoms with van der Waals surface area (Å²) >= 11 is 0. The van der Waals surface area contributed by atoms with Crippen LogP contribution < -0.4 is 10.0 Å². The number of hydrogen-bond acceptors (Lipinski definition) is 4. The van der Waals surface area contributed by atoms with Crippen molar-refractivity contribution in [3.8, 4) is 0 Å². The molecule has 0 aliphatic heterocycles. The first kappa shape index (κ1) is 27.6. The highest BCUT2D eigenvalue weighted by Crippen LogP contribution is 2.32. The highest BCUT2D eigenvalue weighted by atomic mass is 32.2. The number of aromatic nitrogens is 1. The van der Waals surface area contributed by atoms with E-state index in [0.717, 1.165) is 16.4 Å². The van der Waals surface area contributed by atoms with E-state index in [0.29, 0.717) is 24.1 Å². The number of carbonyl (C=O) groups excluding carboxylic acids is 1. The summed E-state index contributed by atoms with van der Waals surface area (Å²) in [5.74, 6) is -2.49. The van der Waals surface area contributed by atoms with Crippen LogP contribution in [0.5, 0.6) is 0 Å². The third-order valence-electron chi connectivity index (χ3n) is 5.48. The van der Waals surface area contributed by atoms with Gasteiger partial charge in [-0.15, -0.1) is 0 Å². The Bertz CT molecular complexity index is 1100. The molecular weight excluding hydrogens is 474 g/mol. The number of halogens is 4. The largest absolute Gasteiger partial charge is 0.433 e. The zero-order valence-corrected chi connectivity index (χ0v) is 20.3. The van der Waals surface area contributed by atoms with Crippen LogP contribution in [0.1, 0.15) is 62.0 Å². The summed E-state index contributed by atoms with van der Waals surface area (Å²) in [5, 5.41) is 0. The third kappa shape index (κ3) is 7.41. The molecule has 0 aliphatic carbocycles. The van der Waals surface area contributed by atoms with Crippen molar-refractivity contribution < 1.29 is 30.8 Å². The van der Waals surface area contributed by atoms with Crippen molar-refractivity contribution in [2.45, 2.75) is 58.5 Å². The molecule has 34 heavy (non-hydrogen) atoms. The Morgan fingerprint density at radius 2 is 1.76 bits per heavy atom. The lowest BCUT2D eigenvalue weighted by molar-refractivity contribution is -0.141. The predicted molar refractivity (Wildman–Crippen MR) is 122 cm³/mol. The first-order chi connectivity index (χ1) is 15.6. The second-order valence-electron chi connectivity index (χ2n) is 9.33. The van der Waals surface area contributed by atoms with Crippen LogP contribution in [0.3, 0.4) is 0 Å². The predicted octanol–water partition coefficient (Wildman–Crippen LogP) is 4.38. The van der Waals surface area contributed by atoms with Gasteiger partial charge in [0.15, 0.2) is 0 Å². The molecule has 188 valence electrons. The van der Waals surface area contributed by atoms with Crippen molar-refractivity contribution >= 4 is 22.5 Å². The lowest BCUT2D eigenvalue weighted by atomic mass is 9.87. The molecule has 11 heteroatoms. The smallest absolute Gasteiger partial charge is 0.369 e. The number of nitrogens with two attached hydrogens (primary N) is 1. The maximum Gasteiger partial charge on any atom is 0.433 e. The summed E-state index contributed by atoms with van der Waals surface area (Å²) in [4.78, 5) is 16.0. The minimum Gasteiger partial charge on any atom is -0.369 e. The van der Waals surface area contributed by atoms with Crippen molar-refractivity contribution in [1.82, 2.24) is 4.98 Å². The van der Waals surface area contributed by atoms with Crippen molar-refractivity contribution in [1.29, 1.82) is 0 Å². The van der Waals surface area contributed by atoms with E-state index in [1.165, 1.54) is 25.2 Å². The van der Waals surface area contributed by atoms with Crippen molar-refractivity contribution in [3.63, 3.8) is 0 Å². The van der Waals surface area contributed by atoms with Gasteiger partial charge in [0.1, 0.15) is 11.5 Å². The van der Waals surface area contributed by atoms with Gasteiger partial charge in [0.25, 0.3) is 0 Å². The van der Waals surface area contributed by atoms with Gasteiger partial charge in [0.05, 0.1) is 11.6 Å². The molecule has 2 aromatic rings. The van der Waals surface area contributed by atoms with Gasteiger partial charge >= 0.3 is 6.18 Å². The summed E-state index contributed by atoms with van der Waals surface area (Å²) in [6, 6.07) is 5.96. The van der Waals surface area contributed by atoms with Gasteiger partial charge in [-0.25, -0.2) is 17.8 Å². The number of amides is 1. The van der Waals surface area contributed by atoms with Crippen LogP contribution in [0.4, 0.5) is 23.2 Å². The number of nitrogens with zero attached hydrogens (tertiary/aromatic N) is 2. The zero-order chi connectivity index (χ0) is 25.8. The fourth-order valence-corrected chi connectivity index (χ4v) is 3.83. The van der Waals surface area contributed by atoms with Gasteiger partial charge in [-0.05, 0) is 60.4 Å². The van der Waals surface area contributed by atoms with E-state index >= 15 is 0 Å². The summed E-state index contributed by atoms with van der Waals surface area (Å²) in [5.41, 5.74) is 5.36. The van der Waals surface area contributed by atoms with E-state index in [1.807, 2.05) is 20.8 Å². The number of aryl methyl sites for hydroxylation is 2. The number of pyridine rings is 1. The number of benzene rings is 1. The Kier molecular flexibility index (Phi) is 8.68. The zero-order valence-electron chi connectivity index (χ0n) is 19.4. The van der Waals surface area contributed by atoms with Crippen LogP contribution in [0.2, 0.25) is 0 Å². The molecule has 0 spiro atoms. The van der Waals surface area contributed by atoms with Gasteiger partial charge in [-0.2, -0.15) is 13.2 Å². The summed E-state index contributed by atoms with van der Waals surface area (Å²) in [7, 11) is -1.85. The normalized spacial score (nSPS) is 13.2. The van der Waals surface area contributed by atoms with Crippen LogP contribution >= 0.6 is 0 Å². The molecule has 0 aliphatic rings. The van der Waals surface area contributed by atoms with E-state index in [1.54, 1.807) is 0 Å². The number of anilines is 1. The van der Waals surface area contributed by atoms with Crippen LogP contribution in [0.15, 0.2) is 30.3 Å². The van der Waals surface area contributed by atoms with E-state index in [9.17, 15) is 30.8 Å². The standard InChI is InChI=1S/C23H29F4N3O3S/c1-22(2,3)12-11-18-14(7-10-20(29-18)23(25,26)27)5-8-16(21(28)31)15-6-9-19(17(24)13-15)30(4)34(32)33/h6-7,9-10,13,16,34H,5,8,11-12H2,1-4H3,(H2,28,31). The molecule has 6 nitrogen and oxygen atoms in total. The molecule has 0 fully saturated rings. The van der Waals surface area contributed by atoms with Gasteiger partial charge in [-0.1, -0.05) is 32.9 Å². The minimum absolute atomic E-state index is 0.120. The molecule has 1 aromatic heterocycles. The second-order valence-corrected chi connectivity index (χ2v) is 10.4. The summed E-state index contributed by atoms with van der Waals surface area (Å²) in [6.45, 7) is 5.92. The second kappa shape index (κ2) is 10.7. The molecule has 1 aromatic carbocycles. The lowest BCUT2D eigenvalue weighted by Crippen LogP contribution is -2.23. The number of alkyl halides is 3. The van der Waals surface area contributed by atoms with Crippen LogP contribution in [-0.2, 0) is 34.7 Å². The van der Waals surface area contributed by atoms with E-state index < -0.39 is 40.4 Å². The Morgan fingerprint density at radius 1 is 1.12 bits per heavy atom. The average molecular weight is 504 g/mol. The maximum atomic E-state index is 14.5. The molecule has 1 amide bonds. The molecule has 0 saturated heterocycles. The quantitative estimate of drug-likeness (QED) is 0.392. The fourth-order valence-electron chi connectivity index (χ4n) is 3.49. The fraction of sp³-hybridized carbons (Fsp3) is 0.478. The molecule has 2 rings (SSSR count). The average Bonchev–Trinajstić information content (AvgIpc) is 2.70. The first-order valence-electron chi connectivity index (χ1n) is 10.6. The van der Waals surface area contributed by atoms with E-state index in [-0.39, 0.29) is 29.5 Å². The monoisotopic (exact) mass is 503 g/mol. The highest BCUT2D eigenvalue weighted by Gasteiger charge is 2.33. The maximum absolute atomic E-state index is 14.5. The molecule has 2 N–H and O–H groups in total. The van der Waals surface area contributed by atoms with Gasteiger partial charge < -0.3 is 5.73 Å². The number of rotatable bonds is 9. The van der Waals surface area contributed by atoms with Gasteiger partial charge in [0, 0.05) is 12.7 Å². The number of thiol groups is 1. The molecule has 0 saturated carbocycles. The van der Waals surface area contributed by atoms with E-state index in [4.69, 9.17) is 5.73 Å². The van der Waals surface area contributed by atoms with Crippen molar-refractivity contribution in [2.75, 3.05) is 11.4 Å². The van der Waals surface area contributed by atoms with Crippen molar-refractivity contribution in [3.05, 3.63) is 58.7 Å². The third-order valence-corrected chi connectivity index (χ3v) is 6.19. The van der Waals surface area contributed by atoms with E-state index in [2.05, 4.69) is 4.98 Å². The first-order valence-corrected chi connectivity index (χ1v) is 11.8. The van der Waals surface area contributed by atoms with Crippen molar-refractivity contribution in [2.24, 2.45) is 11.1 Å². The Morgan fingerprint density at radius 3 is 2.26 bits per heavy atom. The van der Waals surface area contributed by atoms with Crippen LogP contribution in [0.25, 0.3) is 0 Å². The number of primary amides is 1. The molecule has 1 unspecified atom stereocenters. The number of hydrogen-bond donors (Lipinski definition) is 2. The van der Waals surface area contributed by atoms with Gasteiger partial charge in [0.2, 0.25) is 16.8 Å². The summed E-state index contributed by atoms with van der Waals surface area (Å²) < 4.78 is 77.1. The topological polar surface area (TPSA) is 93.4 Å². The SMILES string of the molecule is CN(c1ccc(C(CCc2ccc(C(F)(F)F)nc2CCC(C)(C)C)C(N)=O)cc1F)[SH](=O)=O. The molecule has 1 atom stereocenters. The van der Waals surface area contributed by atoms with Crippen LogP contribution in [-0.4, -0.2) is 26.4 Å². The lowest BCUT2D eigenvalue weighted by Gasteiger charge is -2.20. The Labute approximate surface area is 198 Å². The minimum atomic E-state index is -4.58. The molecule has 0 bridgehead atoms. The Balaban J connectivity index is 2.33. The van der Waals surface area contributed by atoms with Crippen LogP contribution in [0, 0.1) is 11.2 Å². The highest BCUT2D eigenvalue weighted by molar-refractivity contribution is 7.74.